The molecule has 0 aliphatic carbocycles. The molecule has 2 aromatic rings. The summed E-state index contributed by atoms with van der Waals surface area (Å²) < 4.78 is 3.18. The van der Waals surface area contributed by atoms with Crippen LogP contribution in [0.4, 0.5) is 5.82 Å². The zero-order valence-corrected chi connectivity index (χ0v) is 15.2. The first-order chi connectivity index (χ1) is 10.1. The van der Waals surface area contributed by atoms with Gasteiger partial charge in [-0.1, -0.05) is 20.8 Å². The summed E-state index contributed by atoms with van der Waals surface area (Å²) in [6.07, 6.45) is 4.73. The summed E-state index contributed by atoms with van der Waals surface area (Å²) in [4.78, 5) is 13.7. The highest BCUT2D eigenvalue weighted by molar-refractivity contribution is 14.1. The lowest BCUT2D eigenvalue weighted by Gasteiger charge is -2.15. The number of rotatable bonds is 6. The van der Waals surface area contributed by atoms with Gasteiger partial charge in [0, 0.05) is 13.1 Å². The Balaban J connectivity index is 2.53. The fourth-order valence-electron chi connectivity index (χ4n) is 2.08. The van der Waals surface area contributed by atoms with Crippen LogP contribution in [0.25, 0.3) is 11.5 Å². The maximum atomic E-state index is 4.77. The van der Waals surface area contributed by atoms with E-state index in [0.29, 0.717) is 5.92 Å². The normalized spacial score (nSPS) is 11.1. The van der Waals surface area contributed by atoms with Gasteiger partial charge in [-0.25, -0.2) is 15.0 Å². The van der Waals surface area contributed by atoms with Crippen molar-refractivity contribution in [1.29, 1.82) is 0 Å². The van der Waals surface area contributed by atoms with Crippen LogP contribution in [-0.2, 0) is 6.54 Å². The van der Waals surface area contributed by atoms with Crippen LogP contribution in [0.15, 0.2) is 12.5 Å². The van der Waals surface area contributed by atoms with E-state index in [2.05, 4.69) is 65.2 Å². The van der Waals surface area contributed by atoms with E-state index in [1.165, 1.54) is 0 Å². The molecule has 0 aromatic carbocycles. The fourth-order valence-corrected chi connectivity index (χ4v) is 3.14. The van der Waals surface area contributed by atoms with E-state index in [9.17, 15) is 0 Å². The van der Waals surface area contributed by atoms with Gasteiger partial charge in [0.1, 0.15) is 11.5 Å². The third kappa shape index (κ3) is 3.53. The first kappa shape index (κ1) is 16.2. The van der Waals surface area contributed by atoms with Gasteiger partial charge in [0.2, 0.25) is 0 Å². The second-order valence-corrected chi connectivity index (χ2v) is 6.32. The molecule has 0 radical (unpaired) electrons. The topological polar surface area (TPSA) is 55.6 Å². The Morgan fingerprint density at radius 3 is 2.67 bits per heavy atom. The fraction of sp³-hybridized carbons (Fsp3) is 0.533. The molecular formula is C15H22IN5. The molecule has 0 saturated heterocycles. The monoisotopic (exact) mass is 399 g/mol. The molecule has 0 unspecified atom stereocenters. The van der Waals surface area contributed by atoms with E-state index in [4.69, 9.17) is 9.97 Å². The van der Waals surface area contributed by atoms with Crippen molar-refractivity contribution in [3.63, 3.8) is 0 Å². The van der Waals surface area contributed by atoms with E-state index in [-0.39, 0.29) is 0 Å². The molecule has 0 aliphatic rings. The average Bonchev–Trinajstić information content (AvgIpc) is 2.94. The van der Waals surface area contributed by atoms with Gasteiger partial charge in [-0.15, -0.1) is 0 Å². The summed E-state index contributed by atoms with van der Waals surface area (Å²) in [5.41, 5.74) is 2.05. The maximum Gasteiger partial charge on any atom is 0.180 e. The van der Waals surface area contributed by atoms with Crippen molar-refractivity contribution >= 4 is 28.4 Å². The summed E-state index contributed by atoms with van der Waals surface area (Å²) in [6.45, 7) is 10.3. The van der Waals surface area contributed by atoms with E-state index < -0.39 is 0 Å². The van der Waals surface area contributed by atoms with Gasteiger partial charge >= 0.3 is 0 Å². The quantitative estimate of drug-likeness (QED) is 0.749. The lowest BCUT2D eigenvalue weighted by Crippen LogP contribution is -2.11. The first-order valence-corrected chi connectivity index (χ1v) is 8.48. The van der Waals surface area contributed by atoms with Crippen molar-refractivity contribution in [2.24, 2.45) is 0 Å². The molecule has 2 heterocycles. The Kier molecular flexibility index (Phi) is 5.55. The number of nitrogens with zero attached hydrogens (tertiary/aromatic N) is 4. The number of nitrogens with one attached hydrogen (secondary N) is 1. The van der Waals surface area contributed by atoms with Gasteiger partial charge in [-0.2, -0.15) is 0 Å². The Bertz CT molecular complexity index is 606. The summed E-state index contributed by atoms with van der Waals surface area (Å²) in [6, 6.07) is 0. The number of aryl methyl sites for hydroxylation is 1. The standard InChI is InChI=1S/C15H22IN5/c1-5-7-18-15-12(16)13(10(3)4)19-14(20-15)11-8-17-9-21(11)6-2/h8-10H,5-7H2,1-4H3,(H,18,19,20). The van der Waals surface area contributed by atoms with Crippen molar-refractivity contribution < 1.29 is 0 Å². The maximum absolute atomic E-state index is 4.77. The minimum absolute atomic E-state index is 0.360. The Morgan fingerprint density at radius 2 is 2.05 bits per heavy atom. The van der Waals surface area contributed by atoms with Gasteiger partial charge < -0.3 is 9.88 Å². The van der Waals surface area contributed by atoms with Crippen LogP contribution in [-0.4, -0.2) is 26.1 Å². The summed E-state index contributed by atoms with van der Waals surface area (Å²) >= 11 is 2.34. The molecule has 6 heteroatoms. The Morgan fingerprint density at radius 1 is 1.29 bits per heavy atom. The molecule has 0 atom stereocenters. The van der Waals surface area contributed by atoms with E-state index in [1.54, 1.807) is 0 Å². The average molecular weight is 399 g/mol. The second kappa shape index (κ2) is 7.20. The number of aromatic nitrogens is 4. The first-order valence-electron chi connectivity index (χ1n) is 7.40. The van der Waals surface area contributed by atoms with Crippen molar-refractivity contribution in [3.05, 3.63) is 21.8 Å². The van der Waals surface area contributed by atoms with Gasteiger partial charge in [0.05, 0.1) is 21.8 Å². The molecule has 0 amide bonds. The van der Waals surface area contributed by atoms with Gasteiger partial charge in [0.15, 0.2) is 5.82 Å². The molecule has 0 fully saturated rings. The van der Waals surface area contributed by atoms with Gasteiger partial charge in [-0.3, -0.25) is 0 Å². The number of imidazole rings is 1. The number of halogens is 1. The van der Waals surface area contributed by atoms with Crippen LogP contribution in [0.2, 0.25) is 0 Å². The molecule has 1 N–H and O–H groups in total. The third-order valence-electron chi connectivity index (χ3n) is 3.25. The number of hydrogen-bond donors (Lipinski definition) is 1. The van der Waals surface area contributed by atoms with Crippen LogP contribution in [0, 0.1) is 3.57 Å². The summed E-state index contributed by atoms with van der Waals surface area (Å²) in [5.74, 6) is 2.03. The molecule has 114 valence electrons. The number of anilines is 1. The highest BCUT2D eigenvalue weighted by Crippen LogP contribution is 2.28. The summed E-state index contributed by atoms with van der Waals surface area (Å²) in [7, 11) is 0. The predicted octanol–water partition coefficient (Wildman–Crippen LogP) is 3.91. The van der Waals surface area contributed by atoms with Crippen LogP contribution in [0.1, 0.15) is 45.7 Å². The minimum atomic E-state index is 0.360. The largest absolute Gasteiger partial charge is 0.369 e. The second-order valence-electron chi connectivity index (χ2n) is 5.24. The van der Waals surface area contributed by atoms with Crippen molar-refractivity contribution in [2.75, 3.05) is 11.9 Å². The molecular weight excluding hydrogens is 377 g/mol. The molecule has 5 nitrogen and oxygen atoms in total. The molecule has 0 bridgehead atoms. The minimum Gasteiger partial charge on any atom is -0.369 e. The molecule has 2 aromatic heterocycles. The smallest absolute Gasteiger partial charge is 0.180 e. The predicted molar refractivity (Wildman–Crippen MR) is 94.5 cm³/mol. The van der Waals surface area contributed by atoms with Crippen LogP contribution in [0.5, 0.6) is 0 Å². The van der Waals surface area contributed by atoms with Crippen LogP contribution >= 0.6 is 22.6 Å². The summed E-state index contributed by atoms with van der Waals surface area (Å²) in [5, 5.41) is 3.41. The molecule has 2 rings (SSSR count). The molecule has 21 heavy (non-hydrogen) atoms. The van der Waals surface area contributed by atoms with Gasteiger partial charge in [0.25, 0.3) is 0 Å². The molecule has 0 saturated carbocycles. The van der Waals surface area contributed by atoms with Crippen LogP contribution < -0.4 is 5.32 Å². The third-order valence-corrected chi connectivity index (χ3v) is 4.31. The highest BCUT2D eigenvalue weighted by atomic mass is 127. The van der Waals surface area contributed by atoms with Crippen molar-refractivity contribution in [2.45, 2.75) is 46.6 Å². The molecule has 0 spiro atoms. The lowest BCUT2D eigenvalue weighted by atomic mass is 10.1. The van der Waals surface area contributed by atoms with Crippen LogP contribution in [0.3, 0.4) is 0 Å². The zero-order valence-electron chi connectivity index (χ0n) is 13.0. The van der Waals surface area contributed by atoms with E-state index in [0.717, 1.165) is 46.1 Å². The molecule has 0 aliphatic heterocycles. The van der Waals surface area contributed by atoms with Crippen molar-refractivity contribution in [3.8, 4) is 11.5 Å². The SMILES string of the molecule is CCCNc1nc(-c2cncn2CC)nc(C(C)C)c1I. The number of hydrogen-bond acceptors (Lipinski definition) is 4. The lowest BCUT2D eigenvalue weighted by molar-refractivity contribution is 0.756. The highest BCUT2D eigenvalue weighted by Gasteiger charge is 2.17. The van der Waals surface area contributed by atoms with E-state index in [1.807, 2.05) is 12.5 Å². The van der Waals surface area contributed by atoms with Crippen molar-refractivity contribution in [1.82, 2.24) is 19.5 Å². The Hall–Kier alpha value is -1.18. The Labute approximate surface area is 139 Å². The zero-order chi connectivity index (χ0) is 15.4. The van der Waals surface area contributed by atoms with Gasteiger partial charge in [-0.05, 0) is 41.9 Å². The van der Waals surface area contributed by atoms with E-state index >= 15 is 0 Å².